The molecule has 0 radical (unpaired) electrons. The molecule has 0 saturated heterocycles. The number of benzene rings is 1. The maximum absolute atomic E-state index is 12.2. The molecule has 1 unspecified atom stereocenters. The van der Waals surface area contributed by atoms with Crippen molar-refractivity contribution in [3.8, 4) is 5.75 Å². The van der Waals surface area contributed by atoms with Gasteiger partial charge in [0.1, 0.15) is 12.4 Å². The lowest BCUT2D eigenvalue weighted by molar-refractivity contribution is -0.137. The van der Waals surface area contributed by atoms with Crippen LogP contribution in [0, 0.1) is 12.8 Å². The van der Waals surface area contributed by atoms with E-state index < -0.39 is 5.97 Å². The van der Waals surface area contributed by atoms with E-state index in [1.54, 1.807) is 14.2 Å². The van der Waals surface area contributed by atoms with Crippen LogP contribution in [0.4, 0.5) is 5.69 Å². The number of aliphatic carboxylic acids is 1. The number of hydrogen-bond donors (Lipinski definition) is 2. The number of hydrogen-bond acceptors (Lipinski definition) is 5. The van der Waals surface area contributed by atoms with Crippen molar-refractivity contribution in [2.75, 3.05) is 19.5 Å². The van der Waals surface area contributed by atoms with Gasteiger partial charge in [-0.3, -0.25) is 4.79 Å². The molecule has 2 N–H and O–H groups in total. The van der Waals surface area contributed by atoms with Crippen LogP contribution in [0.2, 0.25) is 0 Å². The summed E-state index contributed by atoms with van der Waals surface area (Å²) in [5.41, 5.74) is 5.26. The Balaban J connectivity index is 2.01. The summed E-state index contributed by atoms with van der Waals surface area (Å²) >= 11 is 0. The third kappa shape index (κ3) is 3.66. The first kappa shape index (κ1) is 19.3. The number of carbonyl (C=O) groups excluding carboxylic acids is 1. The number of cyclic esters (lactones) is 1. The number of esters is 1. The monoisotopic (exact) mass is 373 g/mol. The molecule has 6 heteroatoms. The second-order valence-electron chi connectivity index (χ2n) is 7.22. The van der Waals surface area contributed by atoms with Gasteiger partial charge in [0.05, 0.1) is 24.8 Å². The van der Waals surface area contributed by atoms with Crippen LogP contribution in [0.15, 0.2) is 11.6 Å². The van der Waals surface area contributed by atoms with E-state index in [-0.39, 0.29) is 24.9 Å². The number of nitrogens with one attached hydrogen (secondary N) is 1. The van der Waals surface area contributed by atoms with Gasteiger partial charge in [-0.2, -0.15) is 0 Å². The average molecular weight is 373 g/mol. The Labute approximate surface area is 159 Å². The second kappa shape index (κ2) is 8.03. The lowest BCUT2D eigenvalue weighted by Gasteiger charge is -2.25. The average Bonchev–Trinajstić information content (AvgIpc) is 3.03. The summed E-state index contributed by atoms with van der Waals surface area (Å²) in [7, 11) is 3.43. The van der Waals surface area contributed by atoms with Gasteiger partial charge in [0.25, 0.3) is 0 Å². The Kier molecular flexibility index (Phi) is 5.73. The first-order valence-corrected chi connectivity index (χ1v) is 9.45. The minimum atomic E-state index is -0.752. The summed E-state index contributed by atoms with van der Waals surface area (Å²) in [5.74, 6) is -0.201. The number of carboxylic acids is 1. The number of fused-ring (bicyclic) bond motifs is 1. The van der Waals surface area contributed by atoms with Gasteiger partial charge in [-0.1, -0.05) is 18.1 Å². The van der Waals surface area contributed by atoms with Crippen LogP contribution in [0.1, 0.15) is 59.2 Å². The van der Waals surface area contributed by atoms with Crippen molar-refractivity contribution in [3.63, 3.8) is 0 Å². The zero-order valence-electron chi connectivity index (χ0n) is 16.2. The highest BCUT2D eigenvalue weighted by Crippen LogP contribution is 2.41. The molecule has 1 heterocycles. The minimum absolute atomic E-state index is 0.0979. The first-order valence-electron chi connectivity index (χ1n) is 9.45. The van der Waals surface area contributed by atoms with Crippen LogP contribution in [0.3, 0.4) is 0 Å². The number of carbonyl (C=O) groups is 2. The van der Waals surface area contributed by atoms with E-state index in [4.69, 9.17) is 9.47 Å². The standard InChI is InChI=1S/C21H27NO5/c1-12-16-11-27-21(25)18(16)19(22-2)15(20(12)26-3)9-8-13-6-4-5-7-14(13)10-17(23)24/h8,14,22H,4-7,9-11H2,1-3H3,(H,23,24). The highest BCUT2D eigenvalue weighted by Gasteiger charge is 2.31. The largest absolute Gasteiger partial charge is 0.496 e. The van der Waals surface area contributed by atoms with Gasteiger partial charge in [-0.25, -0.2) is 4.79 Å². The molecule has 0 aromatic heterocycles. The zero-order chi connectivity index (χ0) is 19.6. The van der Waals surface area contributed by atoms with Gasteiger partial charge < -0.3 is 19.9 Å². The normalized spacial score (nSPS) is 20.3. The molecule has 146 valence electrons. The third-order valence-corrected chi connectivity index (χ3v) is 5.71. The van der Waals surface area contributed by atoms with Crippen LogP contribution in [-0.2, 0) is 22.6 Å². The van der Waals surface area contributed by atoms with Crippen molar-refractivity contribution in [2.45, 2.75) is 52.1 Å². The Bertz CT molecular complexity index is 796. The molecule has 27 heavy (non-hydrogen) atoms. The molecule has 1 saturated carbocycles. The Morgan fingerprint density at radius 1 is 1.41 bits per heavy atom. The molecule has 1 aromatic carbocycles. The van der Waals surface area contributed by atoms with E-state index in [0.29, 0.717) is 12.0 Å². The molecule has 1 fully saturated rings. The molecule has 0 spiro atoms. The Hall–Kier alpha value is -2.50. The van der Waals surface area contributed by atoms with Crippen molar-refractivity contribution in [2.24, 2.45) is 5.92 Å². The predicted octanol–water partition coefficient (Wildman–Crippen LogP) is 3.85. The van der Waals surface area contributed by atoms with E-state index in [2.05, 4.69) is 11.4 Å². The van der Waals surface area contributed by atoms with E-state index in [9.17, 15) is 14.7 Å². The maximum atomic E-state index is 12.2. The fraction of sp³-hybridized carbons (Fsp3) is 0.524. The molecule has 0 bridgehead atoms. The van der Waals surface area contributed by atoms with Gasteiger partial charge in [0.2, 0.25) is 0 Å². The summed E-state index contributed by atoms with van der Waals surface area (Å²) in [6, 6.07) is 0. The van der Waals surface area contributed by atoms with E-state index in [0.717, 1.165) is 53.8 Å². The molecule has 1 aliphatic carbocycles. The topological polar surface area (TPSA) is 84.9 Å². The fourth-order valence-electron chi connectivity index (χ4n) is 4.38. The summed E-state index contributed by atoms with van der Waals surface area (Å²) in [6.45, 7) is 2.22. The molecule has 3 rings (SSSR count). The molecule has 1 atom stereocenters. The summed E-state index contributed by atoms with van der Waals surface area (Å²) in [4.78, 5) is 23.4. The number of anilines is 1. The smallest absolute Gasteiger partial charge is 0.341 e. The molecular formula is C21H27NO5. The Morgan fingerprint density at radius 3 is 2.85 bits per heavy atom. The summed E-state index contributed by atoms with van der Waals surface area (Å²) in [6.07, 6.45) is 6.92. The van der Waals surface area contributed by atoms with Crippen LogP contribution in [-0.4, -0.2) is 31.2 Å². The first-order chi connectivity index (χ1) is 13.0. The lowest BCUT2D eigenvalue weighted by Crippen LogP contribution is -2.15. The summed E-state index contributed by atoms with van der Waals surface area (Å²) in [5, 5.41) is 12.4. The van der Waals surface area contributed by atoms with Gasteiger partial charge in [-0.05, 0) is 44.1 Å². The lowest BCUT2D eigenvalue weighted by atomic mass is 9.81. The van der Waals surface area contributed by atoms with Gasteiger partial charge in [0, 0.05) is 18.2 Å². The number of ether oxygens (including phenoxy) is 2. The molecular weight excluding hydrogens is 346 g/mol. The number of carboxylic acid groups (broad SMARTS) is 1. The minimum Gasteiger partial charge on any atom is -0.496 e. The third-order valence-electron chi connectivity index (χ3n) is 5.71. The van der Waals surface area contributed by atoms with Crippen LogP contribution in [0.25, 0.3) is 0 Å². The van der Waals surface area contributed by atoms with E-state index in [1.807, 2.05) is 6.92 Å². The van der Waals surface area contributed by atoms with Gasteiger partial charge in [-0.15, -0.1) is 0 Å². The van der Waals surface area contributed by atoms with Crippen molar-refractivity contribution in [1.82, 2.24) is 0 Å². The zero-order valence-corrected chi connectivity index (χ0v) is 16.2. The van der Waals surface area contributed by atoms with Crippen LogP contribution >= 0.6 is 0 Å². The molecule has 6 nitrogen and oxygen atoms in total. The molecule has 0 amide bonds. The van der Waals surface area contributed by atoms with Crippen LogP contribution < -0.4 is 10.1 Å². The molecule has 2 aliphatic rings. The predicted molar refractivity (Wildman–Crippen MR) is 102 cm³/mol. The van der Waals surface area contributed by atoms with Crippen molar-refractivity contribution in [3.05, 3.63) is 33.9 Å². The second-order valence-corrected chi connectivity index (χ2v) is 7.22. The summed E-state index contributed by atoms with van der Waals surface area (Å²) < 4.78 is 10.9. The van der Waals surface area contributed by atoms with Gasteiger partial charge in [0.15, 0.2) is 0 Å². The van der Waals surface area contributed by atoms with Gasteiger partial charge >= 0.3 is 11.9 Å². The van der Waals surface area contributed by atoms with Crippen molar-refractivity contribution >= 4 is 17.6 Å². The Morgan fingerprint density at radius 2 is 2.19 bits per heavy atom. The maximum Gasteiger partial charge on any atom is 0.341 e. The number of rotatable bonds is 6. The number of allylic oxidation sites excluding steroid dienone is 2. The highest BCUT2D eigenvalue weighted by molar-refractivity contribution is 6.01. The van der Waals surface area contributed by atoms with E-state index >= 15 is 0 Å². The van der Waals surface area contributed by atoms with Crippen molar-refractivity contribution in [1.29, 1.82) is 0 Å². The molecule has 1 aliphatic heterocycles. The fourth-order valence-corrected chi connectivity index (χ4v) is 4.38. The molecule has 1 aromatic rings. The quantitative estimate of drug-likeness (QED) is 0.582. The highest BCUT2D eigenvalue weighted by atomic mass is 16.5. The van der Waals surface area contributed by atoms with Crippen molar-refractivity contribution < 1.29 is 24.2 Å². The number of methoxy groups -OCH3 is 1. The van der Waals surface area contributed by atoms with Crippen LogP contribution in [0.5, 0.6) is 5.75 Å². The van der Waals surface area contributed by atoms with E-state index in [1.165, 1.54) is 5.57 Å². The SMILES string of the molecule is CNc1c(CC=C2CCCCC2CC(=O)O)c(OC)c(C)c2c1C(=O)OC2.